The molecule has 0 bridgehead atoms. The predicted octanol–water partition coefficient (Wildman–Crippen LogP) is 4.38. The average Bonchev–Trinajstić information content (AvgIpc) is 2.72. The van der Waals surface area contributed by atoms with Gasteiger partial charge in [0.2, 0.25) is 0 Å². The predicted molar refractivity (Wildman–Crippen MR) is 77.5 cm³/mol. The van der Waals surface area contributed by atoms with Crippen LogP contribution in [0.15, 0.2) is 48.5 Å². The summed E-state index contributed by atoms with van der Waals surface area (Å²) in [6, 6.07) is 17.2. The zero-order valence-electron chi connectivity index (χ0n) is 10.2. The van der Waals surface area contributed by atoms with Gasteiger partial charge in [-0.25, -0.2) is 0 Å². The Labute approximate surface area is 106 Å². The van der Waals surface area contributed by atoms with E-state index >= 15 is 0 Å². The molecule has 0 fully saturated rings. The molecule has 0 spiro atoms. The Hall–Kier alpha value is -2.28. The molecule has 0 heterocycles. The first-order chi connectivity index (χ1) is 8.77. The molecule has 1 aliphatic rings. The van der Waals surface area contributed by atoms with Gasteiger partial charge in [0.1, 0.15) is 0 Å². The first kappa shape index (κ1) is 9.72. The molecule has 0 unspecified atom stereocenters. The molecule has 2 N–H and O–H groups in total. The Morgan fingerprint density at radius 1 is 0.778 bits per heavy atom. The van der Waals surface area contributed by atoms with Crippen molar-refractivity contribution in [2.45, 2.75) is 6.92 Å². The Bertz CT molecular complexity index is 800. The van der Waals surface area contributed by atoms with Crippen LogP contribution in [0.25, 0.3) is 33.0 Å². The number of rotatable bonds is 0. The highest BCUT2D eigenvalue weighted by Crippen LogP contribution is 2.48. The molecule has 0 amide bonds. The largest absolute Gasteiger partial charge is 0.398 e. The first-order valence-corrected chi connectivity index (χ1v) is 6.19. The van der Waals surface area contributed by atoms with E-state index in [0.29, 0.717) is 0 Å². The highest BCUT2D eigenvalue weighted by atomic mass is 14.6. The van der Waals surface area contributed by atoms with Gasteiger partial charge < -0.3 is 5.73 Å². The van der Waals surface area contributed by atoms with E-state index in [2.05, 4.69) is 55.5 Å². The number of hydrogen-bond donors (Lipinski definition) is 1. The van der Waals surface area contributed by atoms with Crippen LogP contribution in [0.2, 0.25) is 0 Å². The lowest BCUT2D eigenvalue weighted by Gasteiger charge is -2.08. The Balaban J connectivity index is 2.31. The molecular weight excluding hydrogens is 218 g/mol. The van der Waals surface area contributed by atoms with Gasteiger partial charge in [0.05, 0.1) is 0 Å². The molecule has 3 aromatic carbocycles. The van der Waals surface area contributed by atoms with Crippen molar-refractivity contribution in [1.82, 2.24) is 0 Å². The van der Waals surface area contributed by atoms with Gasteiger partial charge in [0, 0.05) is 11.1 Å². The second-order valence-electron chi connectivity index (χ2n) is 4.93. The topological polar surface area (TPSA) is 26.0 Å². The fourth-order valence-electron chi connectivity index (χ4n) is 3.04. The fraction of sp³-hybridized carbons (Fsp3) is 0.0588. The average molecular weight is 231 g/mol. The number of nitrogen functional groups attached to an aromatic ring is 1. The standard InChI is InChI=1S/C17H13N/c1-10-9-15-12-6-3-2-5-11(12)13-7-4-8-14(16(13)15)17(10)18/h2-9H,18H2,1H3. The van der Waals surface area contributed by atoms with E-state index in [1.54, 1.807) is 0 Å². The monoisotopic (exact) mass is 231 g/mol. The van der Waals surface area contributed by atoms with Gasteiger partial charge in [-0.2, -0.15) is 0 Å². The Morgan fingerprint density at radius 3 is 2.22 bits per heavy atom. The van der Waals surface area contributed by atoms with E-state index in [1.165, 1.54) is 33.0 Å². The van der Waals surface area contributed by atoms with Gasteiger partial charge in [-0.05, 0) is 46.2 Å². The molecule has 0 aliphatic heterocycles. The second kappa shape index (κ2) is 3.14. The van der Waals surface area contributed by atoms with Crippen LogP contribution in [0.1, 0.15) is 5.56 Å². The van der Waals surface area contributed by atoms with E-state index in [0.717, 1.165) is 11.3 Å². The SMILES string of the molecule is Cc1cc2c3c(cccc3c1N)-c1ccccc1-2. The maximum Gasteiger partial charge on any atom is 0.0424 e. The zero-order chi connectivity index (χ0) is 12.3. The normalized spacial score (nSPS) is 11.8. The number of benzene rings is 3. The van der Waals surface area contributed by atoms with Gasteiger partial charge in [-0.1, -0.05) is 42.5 Å². The molecular formula is C17H13N. The minimum atomic E-state index is 0.906. The first-order valence-electron chi connectivity index (χ1n) is 6.19. The lowest BCUT2D eigenvalue weighted by molar-refractivity contribution is 1.50. The molecule has 1 nitrogen and oxygen atoms in total. The van der Waals surface area contributed by atoms with Crippen LogP contribution in [0.5, 0.6) is 0 Å². The summed E-state index contributed by atoms with van der Waals surface area (Å²) < 4.78 is 0. The van der Waals surface area contributed by atoms with Crippen LogP contribution in [0.4, 0.5) is 5.69 Å². The van der Waals surface area contributed by atoms with Crippen LogP contribution < -0.4 is 5.73 Å². The minimum absolute atomic E-state index is 0.906. The number of fused-ring (bicyclic) bond motifs is 3. The van der Waals surface area contributed by atoms with E-state index < -0.39 is 0 Å². The molecule has 1 heteroatoms. The van der Waals surface area contributed by atoms with Crippen molar-refractivity contribution >= 4 is 16.5 Å². The molecule has 4 rings (SSSR count). The summed E-state index contributed by atoms with van der Waals surface area (Å²) in [6.45, 7) is 2.08. The summed E-state index contributed by atoms with van der Waals surface area (Å²) in [7, 11) is 0. The van der Waals surface area contributed by atoms with Gasteiger partial charge in [0.15, 0.2) is 0 Å². The minimum Gasteiger partial charge on any atom is -0.398 e. The Kier molecular flexibility index (Phi) is 1.69. The highest BCUT2D eigenvalue weighted by Gasteiger charge is 2.22. The summed E-state index contributed by atoms with van der Waals surface area (Å²) in [5.41, 5.74) is 13.6. The van der Waals surface area contributed by atoms with Crippen molar-refractivity contribution in [2.24, 2.45) is 0 Å². The van der Waals surface area contributed by atoms with Gasteiger partial charge >= 0.3 is 0 Å². The molecule has 3 aromatic rings. The van der Waals surface area contributed by atoms with E-state index in [9.17, 15) is 0 Å². The van der Waals surface area contributed by atoms with E-state index in [4.69, 9.17) is 5.73 Å². The van der Waals surface area contributed by atoms with Crippen LogP contribution in [-0.4, -0.2) is 0 Å². The second-order valence-corrected chi connectivity index (χ2v) is 4.93. The number of hydrogen-bond acceptors (Lipinski definition) is 1. The van der Waals surface area contributed by atoms with Crippen molar-refractivity contribution in [2.75, 3.05) is 5.73 Å². The van der Waals surface area contributed by atoms with Crippen molar-refractivity contribution < 1.29 is 0 Å². The van der Waals surface area contributed by atoms with Crippen molar-refractivity contribution in [3.63, 3.8) is 0 Å². The third kappa shape index (κ3) is 1.02. The van der Waals surface area contributed by atoms with Crippen molar-refractivity contribution in [3.05, 3.63) is 54.1 Å². The van der Waals surface area contributed by atoms with Gasteiger partial charge in [0.25, 0.3) is 0 Å². The van der Waals surface area contributed by atoms with Crippen LogP contribution in [0.3, 0.4) is 0 Å². The summed E-state index contributed by atoms with van der Waals surface area (Å²) >= 11 is 0. The van der Waals surface area contributed by atoms with Gasteiger partial charge in [-0.15, -0.1) is 0 Å². The number of anilines is 1. The maximum absolute atomic E-state index is 6.22. The third-order valence-electron chi connectivity index (χ3n) is 3.92. The van der Waals surface area contributed by atoms with Crippen LogP contribution in [0, 0.1) is 6.92 Å². The number of nitrogens with two attached hydrogens (primary N) is 1. The molecule has 0 saturated carbocycles. The maximum atomic E-state index is 6.22. The van der Waals surface area contributed by atoms with E-state index in [-0.39, 0.29) is 0 Å². The molecule has 1 aliphatic carbocycles. The quantitative estimate of drug-likeness (QED) is 0.446. The molecule has 0 atom stereocenters. The fourth-order valence-corrected chi connectivity index (χ4v) is 3.04. The van der Waals surface area contributed by atoms with Crippen LogP contribution >= 0.6 is 0 Å². The Morgan fingerprint density at radius 2 is 1.44 bits per heavy atom. The smallest absolute Gasteiger partial charge is 0.0424 e. The summed E-state index contributed by atoms with van der Waals surface area (Å²) in [5.74, 6) is 0. The zero-order valence-corrected chi connectivity index (χ0v) is 10.2. The van der Waals surface area contributed by atoms with Crippen LogP contribution in [-0.2, 0) is 0 Å². The highest BCUT2D eigenvalue weighted by molar-refractivity contribution is 6.18. The molecule has 86 valence electrons. The van der Waals surface area contributed by atoms with Crippen molar-refractivity contribution in [1.29, 1.82) is 0 Å². The van der Waals surface area contributed by atoms with E-state index in [1.807, 2.05) is 0 Å². The lowest BCUT2D eigenvalue weighted by Crippen LogP contribution is -1.91. The third-order valence-corrected chi connectivity index (χ3v) is 3.92. The molecule has 0 aromatic heterocycles. The summed E-state index contributed by atoms with van der Waals surface area (Å²) in [4.78, 5) is 0. The molecule has 0 saturated heterocycles. The summed E-state index contributed by atoms with van der Waals surface area (Å²) in [5, 5.41) is 2.49. The van der Waals surface area contributed by atoms with Crippen molar-refractivity contribution in [3.8, 4) is 22.3 Å². The lowest BCUT2D eigenvalue weighted by atomic mass is 9.98. The number of aryl methyl sites for hydroxylation is 1. The molecule has 18 heavy (non-hydrogen) atoms. The van der Waals surface area contributed by atoms with Gasteiger partial charge in [-0.3, -0.25) is 0 Å². The summed E-state index contributed by atoms with van der Waals surface area (Å²) in [6.07, 6.45) is 0. The molecule has 0 radical (unpaired) electrons.